The zero-order chi connectivity index (χ0) is 19.6. The first-order valence-electron chi connectivity index (χ1n) is 8.46. The maximum atomic E-state index is 11.6. The molecule has 1 fully saturated rings. The number of anilines is 3. The number of hydrogen-bond acceptors (Lipinski definition) is 7. The Morgan fingerprint density at radius 3 is 2.81 bits per heavy atom. The molecule has 0 unspecified atom stereocenters. The van der Waals surface area contributed by atoms with Crippen LogP contribution in [-0.2, 0) is 14.8 Å². The van der Waals surface area contributed by atoms with Gasteiger partial charge in [-0.2, -0.15) is 4.98 Å². The van der Waals surface area contributed by atoms with E-state index in [0.717, 1.165) is 23.9 Å². The first kappa shape index (κ1) is 19.7. The van der Waals surface area contributed by atoms with E-state index in [0.29, 0.717) is 36.3 Å². The molecule has 2 heterocycles. The predicted molar refractivity (Wildman–Crippen MR) is 107 cm³/mol. The second kappa shape index (κ2) is 7.87. The number of aromatic nitrogens is 2. The maximum absolute atomic E-state index is 11.6. The van der Waals surface area contributed by atoms with Crippen molar-refractivity contribution in [3.8, 4) is 0 Å². The third kappa shape index (κ3) is 5.00. The number of nitrogens with two attached hydrogens (primary N) is 1. The molecule has 0 saturated carbocycles. The molecule has 3 N–H and O–H groups in total. The quantitative estimate of drug-likeness (QED) is 0.794. The minimum atomic E-state index is -3.40. The van der Waals surface area contributed by atoms with Gasteiger partial charge < -0.3 is 15.4 Å². The SMILES string of the molecule is Cc1cc(N2CCCOC[C@H]2c2cc(NS(C)(=O)=O)ccc2Cl)nc(N)n1. The summed E-state index contributed by atoms with van der Waals surface area (Å²) >= 11 is 6.45. The van der Waals surface area contributed by atoms with Crippen LogP contribution in [0.4, 0.5) is 17.5 Å². The predicted octanol–water partition coefficient (Wildman–Crippen LogP) is 2.36. The number of rotatable bonds is 4. The molecule has 1 aromatic carbocycles. The van der Waals surface area contributed by atoms with Crippen LogP contribution in [0.5, 0.6) is 0 Å². The van der Waals surface area contributed by atoms with Crippen LogP contribution in [0.3, 0.4) is 0 Å². The molecule has 27 heavy (non-hydrogen) atoms. The Morgan fingerprint density at radius 1 is 1.33 bits per heavy atom. The van der Waals surface area contributed by atoms with E-state index in [-0.39, 0.29) is 12.0 Å². The van der Waals surface area contributed by atoms with E-state index in [1.165, 1.54) is 0 Å². The van der Waals surface area contributed by atoms with Crippen molar-refractivity contribution in [1.82, 2.24) is 9.97 Å². The largest absolute Gasteiger partial charge is 0.379 e. The van der Waals surface area contributed by atoms with Gasteiger partial charge >= 0.3 is 0 Å². The summed E-state index contributed by atoms with van der Waals surface area (Å²) < 4.78 is 31.4. The van der Waals surface area contributed by atoms with Gasteiger partial charge in [0, 0.05) is 35.6 Å². The Bertz CT molecular complexity index is 918. The van der Waals surface area contributed by atoms with Gasteiger partial charge in [-0.25, -0.2) is 13.4 Å². The number of nitrogen functional groups attached to an aromatic ring is 1. The molecular weight excluding hydrogens is 390 g/mol. The van der Waals surface area contributed by atoms with Crippen LogP contribution in [0, 0.1) is 6.92 Å². The van der Waals surface area contributed by atoms with Crippen molar-refractivity contribution in [3.63, 3.8) is 0 Å². The van der Waals surface area contributed by atoms with Crippen molar-refractivity contribution in [1.29, 1.82) is 0 Å². The molecular formula is C17H22ClN5O3S. The van der Waals surface area contributed by atoms with Gasteiger partial charge in [-0.1, -0.05) is 11.6 Å². The molecule has 1 aromatic heterocycles. The van der Waals surface area contributed by atoms with Crippen LogP contribution in [0.1, 0.15) is 23.7 Å². The van der Waals surface area contributed by atoms with Crippen LogP contribution in [0.15, 0.2) is 24.3 Å². The molecule has 0 spiro atoms. The summed E-state index contributed by atoms with van der Waals surface area (Å²) in [5.74, 6) is 0.889. The van der Waals surface area contributed by atoms with Crippen molar-refractivity contribution < 1.29 is 13.2 Å². The van der Waals surface area contributed by atoms with Gasteiger partial charge in [-0.15, -0.1) is 0 Å². The average molecular weight is 412 g/mol. The van der Waals surface area contributed by atoms with Crippen molar-refractivity contribution in [2.24, 2.45) is 0 Å². The monoisotopic (exact) mass is 411 g/mol. The highest BCUT2D eigenvalue weighted by atomic mass is 35.5. The molecule has 3 rings (SSSR count). The summed E-state index contributed by atoms with van der Waals surface area (Å²) in [6, 6.07) is 6.65. The fourth-order valence-corrected chi connectivity index (χ4v) is 3.91. The Morgan fingerprint density at radius 2 is 2.11 bits per heavy atom. The third-order valence-electron chi connectivity index (χ3n) is 4.15. The topological polar surface area (TPSA) is 110 Å². The smallest absolute Gasteiger partial charge is 0.229 e. The summed E-state index contributed by atoms with van der Waals surface area (Å²) in [7, 11) is -3.40. The van der Waals surface area contributed by atoms with Gasteiger partial charge in [0.1, 0.15) is 5.82 Å². The van der Waals surface area contributed by atoms with Gasteiger partial charge in [0.25, 0.3) is 0 Å². The Labute approximate surface area is 163 Å². The van der Waals surface area contributed by atoms with Crippen LogP contribution >= 0.6 is 11.6 Å². The van der Waals surface area contributed by atoms with Crippen LogP contribution < -0.4 is 15.4 Å². The molecule has 10 heteroatoms. The molecule has 8 nitrogen and oxygen atoms in total. The highest BCUT2D eigenvalue weighted by molar-refractivity contribution is 7.92. The molecule has 1 atom stereocenters. The van der Waals surface area contributed by atoms with E-state index in [1.807, 2.05) is 13.0 Å². The van der Waals surface area contributed by atoms with E-state index >= 15 is 0 Å². The van der Waals surface area contributed by atoms with Gasteiger partial charge in [-0.05, 0) is 37.1 Å². The fraction of sp³-hybridized carbons (Fsp3) is 0.412. The van der Waals surface area contributed by atoms with E-state index in [1.54, 1.807) is 18.2 Å². The lowest BCUT2D eigenvalue weighted by atomic mass is 10.0. The van der Waals surface area contributed by atoms with E-state index < -0.39 is 10.0 Å². The van der Waals surface area contributed by atoms with E-state index in [2.05, 4.69) is 19.6 Å². The van der Waals surface area contributed by atoms with Crippen LogP contribution in [0.25, 0.3) is 0 Å². The third-order valence-corrected chi connectivity index (χ3v) is 5.10. The van der Waals surface area contributed by atoms with Crippen molar-refractivity contribution >= 4 is 39.1 Å². The highest BCUT2D eigenvalue weighted by Gasteiger charge is 2.27. The number of nitrogens with zero attached hydrogens (tertiary/aromatic N) is 3. The van der Waals surface area contributed by atoms with Crippen LogP contribution in [0.2, 0.25) is 5.02 Å². The normalized spacial score (nSPS) is 18.2. The summed E-state index contributed by atoms with van der Waals surface area (Å²) in [6.45, 7) is 3.56. The number of aryl methyl sites for hydroxylation is 1. The molecule has 1 saturated heterocycles. The van der Waals surface area contributed by atoms with Gasteiger partial charge in [0.15, 0.2) is 0 Å². The van der Waals surface area contributed by atoms with Gasteiger partial charge in [-0.3, -0.25) is 4.72 Å². The highest BCUT2D eigenvalue weighted by Crippen LogP contribution is 2.34. The van der Waals surface area contributed by atoms with Gasteiger partial charge in [0.2, 0.25) is 16.0 Å². The summed E-state index contributed by atoms with van der Waals surface area (Å²) in [5, 5.41) is 0.522. The summed E-state index contributed by atoms with van der Waals surface area (Å²) in [6.07, 6.45) is 1.92. The Kier molecular flexibility index (Phi) is 5.73. The number of halogens is 1. The minimum Gasteiger partial charge on any atom is -0.379 e. The second-order valence-electron chi connectivity index (χ2n) is 6.47. The maximum Gasteiger partial charge on any atom is 0.229 e. The Hall–Kier alpha value is -2.10. The zero-order valence-corrected chi connectivity index (χ0v) is 16.7. The zero-order valence-electron chi connectivity index (χ0n) is 15.1. The number of ether oxygens (including phenoxy) is 1. The lowest BCUT2D eigenvalue weighted by Crippen LogP contribution is -2.32. The lowest BCUT2D eigenvalue weighted by molar-refractivity contribution is 0.134. The first-order chi connectivity index (χ1) is 12.7. The van der Waals surface area contributed by atoms with Crippen molar-refractivity contribution in [2.75, 3.05) is 41.4 Å². The number of sulfonamides is 1. The number of nitrogens with one attached hydrogen (secondary N) is 1. The second-order valence-corrected chi connectivity index (χ2v) is 8.63. The average Bonchev–Trinajstić information content (AvgIpc) is 2.80. The molecule has 0 amide bonds. The molecule has 1 aliphatic rings. The first-order valence-corrected chi connectivity index (χ1v) is 10.7. The number of benzene rings is 1. The van der Waals surface area contributed by atoms with Crippen molar-refractivity contribution in [3.05, 3.63) is 40.5 Å². The molecule has 2 aromatic rings. The fourth-order valence-electron chi connectivity index (χ4n) is 3.11. The molecule has 0 bridgehead atoms. The summed E-state index contributed by atoms with van der Waals surface area (Å²) in [5.41, 5.74) is 7.79. The minimum absolute atomic E-state index is 0.201. The van der Waals surface area contributed by atoms with Gasteiger partial charge in [0.05, 0.1) is 18.9 Å². The lowest BCUT2D eigenvalue weighted by Gasteiger charge is -2.31. The molecule has 146 valence electrons. The number of hydrogen-bond donors (Lipinski definition) is 2. The molecule has 0 aliphatic carbocycles. The van der Waals surface area contributed by atoms with E-state index in [9.17, 15) is 8.42 Å². The summed E-state index contributed by atoms with van der Waals surface area (Å²) in [4.78, 5) is 10.6. The molecule has 0 radical (unpaired) electrons. The molecule has 1 aliphatic heterocycles. The standard InChI is InChI=1S/C17H22ClN5O3S/c1-11-8-16(21-17(19)20-11)23-6-3-7-26-10-15(23)13-9-12(4-5-14(13)18)22-27(2,24)25/h4-5,8-9,15,22H,3,6-7,10H2,1-2H3,(H2,19,20,21)/t15-/m0/s1. The van der Waals surface area contributed by atoms with E-state index in [4.69, 9.17) is 22.1 Å². The Balaban J connectivity index is 2.04. The van der Waals surface area contributed by atoms with Crippen molar-refractivity contribution in [2.45, 2.75) is 19.4 Å². The van der Waals surface area contributed by atoms with Crippen LogP contribution in [-0.4, -0.2) is 44.4 Å².